The van der Waals surface area contributed by atoms with Crippen molar-refractivity contribution in [1.29, 1.82) is 0 Å². The zero-order chi connectivity index (χ0) is 20.2. The predicted molar refractivity (Wildman–Crippen MR) is 107 cm³/mol. The zero-order valence-electron chi connectivity index (χ0n) is 16.0. The minimum Gasteiger partial charge on any atom is -0.493 e. The lowest BCUT2D eigenvalue weighted by Crippen LogP contribution is -2.23. The fourth-order valence-corrected chi connectivity index (χ4v) is 3.09. The Morgan fingerprint density at radius 3 is 2.62 bits per heavy atom. The molecule has 0 spiro atoms. The lowest BCUT2D eigenvalue weighted by Gasteiger charge is -2.12. The van der Waals surface area contributed by atoms with E-state index in [-0.39, 0.29) is 5.91 Å². The van der Waals surface area contributed by atoms with Crippen molar-refractivity contribution in [1.82, 2.24) is 24.9 Å². The van der Waals surface area contributed by atoms with E-state index in [1.54, 1.807) is 28.9 Å². The van der Waals surface area contributed by atoms with Crippen LogP contribution in [0.2, 0.25) is 0 Å². The predicted octanol–water partition coefficient (Wildman–Crippen LogP) is 2.74. The number of ether oxygens (including phenoxy) is 2. The number of benzene rings is 2. The van der Waals surface area contributed by atoms with Crippen molar-refractivity contribution in [3.63, 3.8) is 0 Å². The van der Waals surface area contributed by atoms with E-state index in [1.807, 2.05) is 30.3 Å². The van der Waals surface area contributed by atoms with E-state index in [1.165, 1.54) is 20.5 Å². The third-order valence-corrected chi connectivity index (χ3v) is 4.53. The summed E-state index contributed by atoms with van der Waals surface area (Å²) < 4.78 is 12.3. The van der Waals surface area contributed by atoms with Gasteiger partial charge in [0.25, 0.3) is 11.7 Å². The normalized spacial score (nSPS) is 10.7. The summed E-state index contributed by atoms with van der Waals surface area (Å²) in [5.74, 6) is 1.24. The first-order valence-corrected chi connectivity index (χ1v) is 8.94. The number of amides is 1. The number of rotatable bonds is 6. The Morgan fingerprint density at radius 1 is 1.03 bits per heavy atom. The van der Waals surface area contributed by atoms with E-state index in [2.05, 4.69) is 20.4 Å². The van der Waals surface area contributed by atoms with Gasteiger partial charge in [-0.15, -0.1) is 0 Å². The minimum atomic E-state index is -0.233. The van der Waals surface area contributed by atoms with Gasteiger partial charge in [0.05, 0.1) is 25.5 Å². The number of hydrogen-bond donors (Lipinski definition) is 1. The molecular weight excluding hydrogens is 370 g/mol. The Labute approximate surface area is 167 Å². The average Bonchev–Trinajstić information content (AvgIpc) is 3.26. The fraction of sp³-hybridized carbons (Fsp3) is 0.143. The number of hydrogen-bond acceptors (Lipinski definition) is 6. The van der Waals surface area contributed by atoms with Gasteiger partial charge in [-0.2, -0.15) is 14.6 Å². The van der Waals surface area contributed by atoms with Crippen molar-refractivity contribution in [2.75, 3.05) is 14.2 Å². The summed E-state index contributed by atoms with van der Waals surface area (Å²) in [6, 6.07) is 15.0. The summed E-state index contributed by atoms with van der Waals surface area (Å²) in [5.41, 5.74) is 3.26. The van der Waals surface area contributed by atoms with Gasteiger partial charge in [-0.25, -0.2) is 4.98 Å². The molecule has 8 heteroatoms. The summed E-state index contributed by atoms with van der Waals surface area (Å²) >= 11 is 0. The molecule has 29 heavy (non-hydrogen) atoms. The molecule has 1 amide bonds. The molecule has 8 nitrogen and oxygen atoms in total. The van der Waals surface area contributed by atoms with E-state index < -0.39 is 0 Å². The topological polar surface area (TPSA) is 90.6 Å². The lowest BCUT2D eigenvalue weighted by atomic mass is 10.1. The van der Waals surface area contributed by atoms with Gasteiger partial charge < -0.3 is 14.8 Å². The van der Waals surface area contributed by atoms with Gasteiger partial charge in [0, 0.05) is 18.3 Å². The molecule has 0 unspecified atom stereocenters. The van der Waals surface area contributed by atoms with E-state index in [0.717, 1.165) is 16.8 Å². The first-order chi connectivity index (χ1) is 14.2. The van der Waals surface area contributed by atoms with E-state index in [0.29, 0.717) is 29.4 Å². The van der Waals surface area contributed by atoms with E-state index >= 15 is 0 Å². The summed E-state index contributed by atoms with van der Waals surface area (Å²) in [4.78, 5) is 20.9. The molecule has 0 bridgehead atoms. The van der Waals surface area contributed by atoms with Gasteiger partial charge in [-0.05, 0) is 23.8 Å². The third kappa shape index (κ3) is 3.60. The van der Waals surface area contributed by atoms with E-state index in [4.69, 9.17) is 9.47 Å². The number of carbonyl (C=O) groups is 1. The van der Waals surface area contributed by atoms with Crippen molar-refractivity contribution in [3.8, 4) is 22.8 Å². The summed E-state index contributed by atoms with van der Waals surface area (Å²) in [7, 11) is 3.05. The van der Waals surface area contributed by atoms with Crippen LogP contribution >= 0.6 is 0 Å². The first-order valence-electron chi connectivity index (χ1n) is 8.94. The van der Waals surface area contributed by atoms with Crippen molar-refractivity contribution in [2.45, 2.75) is 6.54 Å². The number of aromatic nitrogens is 4. The van der Waals surface area contributed by atoms with Gasteiger partial charge >= 0.3 is 0 Å². The van der Waals surface area contributed by atoms with Gasteiger partial charge in [0.15, 0.2) is 11.5 Å². The molecule has 0 saturated heterocycles. The highest BCUT2D eigenvalue weighted by molar-refractivity contribution is 5.97. The van der Waals surface area contributed by atoms with Crippen LogP contribution in [0.1, 0.15) is 15.9 Å². The van der Waals surface area contributed by atoms with Gasteiger partial charge in [0.1, 0.15) is 6.33 Å². The van der Waals surface area contributed by atoms with Crippen LogP contribution in [-0.4, -0.2) is 39.7 Å². The Bertz CT molecular complexity index is 1150. The molecule has 4 rings (SSSR count). The molecule has 0 aliphatic rings. The maximum Gasteiger partial charge on any atom is 0.255 e. The van der Waals surface area contributed by atoms with Crippen LogP contribution in [0.3, 0.4) is 0 Å². The van der Waals surface area contributed by atoms with E-state index in [9.17, 15) is 4.79 Å². The van der Waals surface area contributed by atoms with Crippen LogP contribution in [-0.2, 0) is 6.54 Å². The number of carbonyl (C=O) groups excluding carboxylic acids is 1. The molecule has 0 radical (unpaired) electrons. The van der Waals surface area contributed by atoms with Crippen LogP contribution in [0, 0.1) is 0 Å². The largest absolute Gasteiger partial charge is 0.493 e. The van der Waals surface area contributed by atoms with Crippen molar-refractivity contribution >= 4 is 11.7 Å². The molecule has 4 aromatic rings. The van der Waals surface area contributed by atoms with Crippen molar-refractivity contribution in [2.24, 2.45) is 0 Å². The van der Waals surface area contributed by atoms with Gasteiger partial charge in [0.2, 0.25) is 0 Å². The molecule has 0 atom stereocenters. The van der Waals surface area contributed by atoms with Crippen molar-refractivity contribution < 1.29 is 14.3 Å². The Hall–Kier alpha value is -3.94. The molecule has 0 aliphatic carbocycles. The molecular formula is C21H19N5O3. The maximum absolute atomic E-state index is 12.6. The van der Waals surface area contributed by atoms with Crippen LogP contribution in [0.4, 0.5) is 0 Å². The summed E-state index contributed by atoms with van der Waals surface area (Å²) in [5, 5.41) is 7.12. The lowest BCUT2D eigenvalue weighted by molar-refractivity contribution is 0.0947. The number of methoxy groups -OCH3 is 2. The third-order valence-electron chi connectivity index (χ3n) is 4.53. The molecule has 2 aromatic heterocycles. The number of nitrogens with one attached hydrogen (secondary N) is 1. The standard InChI is InChI=1S/C21H19N5O3/c1-28-18-5-3-4-16(19(18)29-2)20(27)23-12-14-6-8-15(9-7-14)17-10-11-22-21-24-13-25-26(17)21/h3-11,13H,12H2,1-2H3,(H,23,27). The fourth-order valence-electron chi connectivity index (χ4n) is 3.09. The molecule has 0 aliphatic heterocycles. The quantitative estimate of drug-likeness (QED) is 0.545. The Morgan fingerprint density at radius 2 is 1.86 bits per heavy atom. The minimum absolute atomic E-state index is 0.233. The first kappa shape index (κ1) is 18.4. The Balaban J connectivity index is 1.49. The number of fused-ring (bicyclic) bond motifs is 1. The van der Waals surface area contributed by atoms with Gasteiger partial charge in [-0.1, -0.05) is 30.3 Å². The van der Waals surface area contributed by atoms with Crippen LogP contribution < -0.4 is 14.8 Å². The average molecular weight is 389 g/mol. The monoisotopic (exact) mass is 389 g/mol. The molecule has 2 aromatic carbocycles. The highest BCUT2D eigenvalue weighted by atomic mass is 16.5. The maximum atomic E-state index is 12.6. The number of para-hydroxylation sites is 1. The van der Waals surface area contributed by atoms with Crippen LogP contribution in [0.25, 0.3) is 17.0 Å². The smallest absolute Gasteiger partial charge is 0.255 e. The second kappa shape index (κ2) is 7.97. The molecule has 146 valence electrons. The zero-order valence-corrected chi connectivity index (χ0v) is 16.0. The van der Waals surface area contributed by atoms with Crippen molar-refractivity contribution in [3.05, 3.63) is 72.2 Å². The van der Waals surface area contributed by atoms with Crippen LogP contribution in [0.5, 0.6) is 11.5 Å². The number of nitrogens with zero attached hydrogens (tertiary/aromatic N) is 4. The summed E-state index contributed by atoms with van der Waals surface area (Å²) in [6.45, 7) is 0.383. The highest BCUT2D eigenvalue weighted by Crippen LogP contribution is 2.30. The second-order valence-corrected chi connectivity index (χ2v) is 6.22. The van der Waals surface area contributed by atoms with Gasteiger partial charge in [-0.3, -0.25) is 4.79 Å². The molecule has 2 heterocycles. The molecule has 0 fully saturated rings. The second-order valence-electron chi connectivity index (χ2n) is 6.22. The highest BCUT2D eigenvalue weighted by Gasteiger charge is 2.16. The molecule has 0 saturated carbocycles. The molecule has 1 N–H and O–H groups in total. The summed E-state index contributed by atoms with van der Waals surface area (Å²) in [6.07, 6.45) is 3.18. The SMILES string of the molecule is COc1cccc(C(=O)NCc2ccc(-c3ccnc4ncnn34)cc2)c1OC. The Kier molecular flexibility index (Phi) is 5.07. The van der Waals surface area contributed by atoms with Crippen LogP contribution in [0.15, 0.2) is 61.1 Å².